The first kappa shape index (κ1) is 24.3. The first-order chi connectivity index (χ1) is 13.8. The summed E-state index contributed by atoms with van der Waals surface area (Å²) in [6, 6.07) is 3.24. The molecule has 11 heteroatoms. The van der Waals surface area contributed by atoms with Gasteiger partial charge in [-0.3, -0.25) is 0 Å². The molecule has 10 nitrogen and oxygen atoms in total. The monoisotopic (exact) mass is 429 g/mol. The van der Waals surface area contributed by atoms with Gasteiger partial charge in [0.15, 0.2) is 17.6 Å². The van der Waals surface area contributed by atoms with E-state index in [0.717, 1.165) is 13.1 Å². The highest BCUT2D eigenvalue weighted by Crippen LogP contribution is 2.09. The van der Waals surface area contributed by atoms with E-state index in [9.17, 15) is 19.9 Å². The van der Waals surface area contributed by atoms with Gasteiger partial charge in [0.2, 0.25) is 0 Å². The average Bonchev–Trinajstić information content (AvgIpc) is 2.67. The predicted molar refractivity (Wildman–Crippen MR) is 104 cm³/mol. The van der Waals surface area contributed by atoms with Crippen molar-refractivity contribution in [1.82, 2.24) is 4.90 Å². The van der Waals surface area contributed by atoms with Crippen molar-refractivity contribution in [2.75, 3.05) is 26.2 Å². The van der Waals surface area contributed by atoms with Gasteiger partial charge in [0.1, 0.15) is 12.7 Å². The Balaban J connectivity index is 0.000000447. The van der Waals surface area contributed by atoms with Gasteiger partial charge in [0, 0.05) is 24.8 Å². The molecule has 0 aliphatic carbocycles. The first-order valence-electron chi connectivity index (χ1n) is 8.87. The number of hydrogen-bond acceptors (Lipinski definition) is 7. The van der Waals surface area contributed by atoms with E-state index in [1.54, 1.807) is 12.1 Å². The van der Waals surface area contributed by atoms with Crippen LogP contribution in [0.1, 0.15) is 24.8 Å². The Kier molecular flexibility index (Phi) is 11.3. The van der Waals surface area contributed by atoms with Gasteiger partial charge in [0.25, 0.3) is 0 Å². The third-order valence-electron chi connectivity index (χ3n) is 3.71. The van der Waals surface area contributed by atoms with Gasteiger partial charge >= 0.3 is 11.9 Å². The summed E-state index contributed by atoms with van der Waals surface area (Å²) in [5, 5.41) is 40.4. The second-order valence-corrected chi connectivity index (χ2v) is 6.51. The lowest BCUT2D eigenvalue weighted by molar-refractivity contribution is -0.605. The summed E-state index contributed by atoms with van der Waals surface area (Å²) in [5.74, 6) is -2.51. The van der Waals surface area contributed by atoms with Crippen LogP contribution in [0.4, 0.5) is 0 Å². The Hall–Kier alpha value is -2.69. The molecule has 1 aliphatic heterocycles. The molecule has 160 valence electrons. The highest BCUT2D eigenvalue weighted by molar-refractivity contribution is 6.69. The minimum absolute atomic E-state index is 0.0803. The summed E-state index contributed by atoms with van der Waals surface area (Å²) >= 11 is 5.93. The molecule has 3 N–H and O–H groups in total. The maximum Gasteiger partial charge on any atom is 0.328 e. The molecule has 1 aromatic rings. The molecule has 2 rings (SSSR count). The number of β-amino-alcohol motifs (C(OH)–C–C–N with tert-alkyl or cyclic N) is 1. The van der Waals surface area contributed by atoms with E-state index in [2.05, 4.69) is 10.1 Å². The third kappa shape index (κ3) is 11.7. The van der Waals surface area contributed by atoms with Crippen LogP contribution in [0.2, 0.25) is 0 Å². The molecule has 1 atom stereocenters. The molecule has 0 radical (unpaired) electrons. The minimum Gasteiger partial charge on any atom is -0.619 e. The number of rotatable bonds is 8. The van der Waals surface area contributed by atoms with Crippen LogP contribution in [0.15, 0.2) is 41.8 Å². The van der Waals surface area contributed by atoms with E-state index in [1.807, 2.05) is 0 Å². The van der Waals surface area contributed by atoms with Crippen LogP contribution in [0.3, 0.4) is 0 Å². The zero-order valence-electron chi connectivity index (χ0n) is 15.7. The van der Waals surface area contributed by atoms with Crippen LogP contribution >= 0.6 is 11.6 Å². The molecule has 1 fully saturated rings. The summed E-state index contributed by atoms with van der Waals surface area (Å²) in [6.07, 6.45) is 6.80. The van der Waals surface area contributed by atoms with Crippen molar-refractivity contribution in [3.05, 3.63) is 47.4 Å². The van der Waals surface area contributed by atoms with Crippen molar-refractivity contribution in [3.63, 3.8) is 0 Å². The summed E-state index contributed by atoms with van der Waals surface area (Å²) in [7, 11) is 0. The number of pyridine rings is 1. The fraction of sp³-hybridized carbons (Fsp3) is 0.444. The molecule has 1 saturated heterocycles. The van der Waals surface area contributed by atoms with Crippen LogP contribution in [0.25, 0.3) is 0 Å². The lowest BCUT2D eigenvalue weighted by atomic mass is 10.1. The third-order valence-corrected chi connectivity index (χ3v) is 4.00. The van der Waals surface area contributed by atoms with E-state index in [-0.39, 0.29) is 11.8 Å². The second-order valence-electron chi connectivity index (χ2n) is 6.16. The zero-order chi connectivity index (χ0) is 21.6. The fourth-order valence-electron chi connectivity index (χ4n) is 2.44. The fourth-order valence-corrected chi connectivity index (χ4v) is 2.61. The number of aliphatic carboxylic acids is 2. The standard InChI is InChI=1S/C14H20ClN3O3.C4H4O4/c15-14(12-5-4-8-18(20)9-12)16-21-11-13(19)10-17-6-2-1-3-7-17;5-3(6)1-2-4(7)8/h4-5,8-9,13,19H,1-3,6-7,10-11H2;1-2H,(H,5,6)(H,7,8)/b16-14-;2-1+/t13-;/m1./s1. The SMILES string of the molecule is O=C(O)/C=C/C(=O)O.[O-][n+]1cccc(/C(Cl)=N/OC[C@H](O)CN2CCCCC2)c1. The number of carbonyl (C=O) groups is 2. The highest BCUT2D eigenvalue weighted by atomic mass is 35.5. The number of nitrogens with zero attached hydrogens (tertiary/aromatic N) is 3. The van der Waals surface area contributed by atoms with Gasteiger partial charge in [-0.05, 0) is 32.0 Å². The van der Waals surface area contributed by atoms with Crippen molar-refractivity contribution in [1.29, 1.82) is 0 Å². The number of piperidine rings is 1. The first-order valence-corrected chi connectivity index (χ1v) is 9.24. The Morgan fingerprint density at radius 3 is 2.45 bits per heavy atom. The van der Waals surface area contributed by atoms with Crippen LogP contribution < -0.4 is 4.73 Å². The Morgan fingerprint density at radius 2 is 1.90 bits per heavy atom. The van der Waals surface area contributed by atoms with Crippen molar-refractivity contribution in [3.8, 4) is 0 Å². The van der Waals surface area contributed by atoms with Gasteiger partial charge < -0.3 is 30.3 Å². The number of carboxylic acids is 2. The maximum absolute atomic E-state index is 11.1. The molecule has 29 heavy (non-hydrogen) atoms. The van der Waals surface area contributed by atoms with Gasteiger partial charge in [-0.15, -0.1) is 0 Å². The second kappa shape index (κ2) is 13.5. The normalized spacial score (nSPS) is 16.0. The van der Waals surface area contributed by atoms with E-state index in [1.165, 1.54) is 31.7 Å². The predicted octanol–water partition coefficient (Wildman–Crippen LogP) is 0.796. The molecule has 2 heterocycles. The van der Waals surface area contributed by atoms with Gasteiger partial charge in [0.05, 0.1) is 5.56 Å². The van der Waals surface area contributed by atoms with Crippen molar-refractivity contribution in [2.24, 2.45) is 5.16 Å². The molecular formula is C18H24ClN3O7. The molecule has 1 aliphatic rings. The number of carboxylic acid groups (broad SMARTS) is 2. The van der Waals surface area contributed by atoms with Gasteiger partial charge in [-0.1, -0.05) is 23.2 Å². The largest absolute Gasteiger partial charge is 0.619 e. The number of oxime groups is 1. The molecule has 0 aromatic carbocycles. The van der Waals surface area contributed by atoms with Crippen LogP contribution in [0, 0.1) is 5.21 Å². The maximum atomic E-state index is 11.1. The van der Waals surface area contributed by atoms with E-state index >= 15 is 0 Å². The van der Waals surface area contributed by atoms with Crippen LogP contribution in [-0.4, -0.2) is 69.7 Å². The van der Waals surface area contributed by atoms with E-state index in [0.29, 0.717) is 29.0 Å². The topological polar surface area (TPSA) is 147 Å². The lowest BCUT2D eigenvalue weighted by Gasteiger charge is -2.27. The van der Waals surface area contributed by atoms with Crippen molar-refractivity contribution < 1.29 is 34.5 Å². The van der Waals surface area contributed by atoms with Crippen LogP contribution in [0.5, 0.6) is 0 Å². The van der Waals surface area contributed by atoms with Crippen molar-refractivity contribution in [2.45, 2.75) is 25.4 Å². The molecule has 0 spiro atoms. The Labute approximate surface area is 172 Å². The quantitative estimate of drug-likeness (QED) is 0.181. The van der Waals surface area contributed by atoms with Gasteiger partial charge in [-0.2, -0.15) is 4.73 Å². The van der Waals surface area contributed by atoms with Crippen LogP contribution in [-0.2, 0) is 14.4 Å². The average molecular weight is 430 g/mol. The summed E-state index contributed by atoms with van der Waals surface area (Å²) in [6.45, 7) is 2.71. The van der Waals surface area contributed by atoms with Gasteiger partial charge in [-0.25, -0.2) is 9.59 Å². The summed E-state index contributed by atoms with van der Waals surface area (Å²) in [4.78, 5) is 26.4. The van der Waals surface area contributed by atoms with E-state index < -0.39 is 18.0 Å². The molecule has 0 bridgehead atoms. The molecule has 0 amide bonds. The number of hydrogen-bond donors (Lipinski definition) is 3. The summed E-state index contributed by atoms with van der Waals surface area (Å²) in [5.41, 5.74) is 0.472. The number of halogens is 1. The molecule has 0 saturated carbocycles. The number of aliphatic hydroxyl groups excluding tert-OH is 1. The highest BCUT2D eigenvalue weighted by Gasteiger charge is 2.15. The Bertz CT molecular complexity index is 705. The Morgan fingerprint density at radius 1 is 1.28 bits per heavy atom. The molecule has 0 unspecified atom stereocenters. The number of aliphatic hydroxyl groups is 1. The number of aromatic nitrogens is 1. The summed E-state index contributed by atoms with van der Waals surface area (Å²) < 4.78 is 0.637. The number of likely N-dealkylation sites (tertiary alicyclic amines) is 1. The minimum atomic E-state index is -1.26. The van der Waals surface area contributed by atoms with E-state index in [4.69, 9.17) is 26.7 Å². The lowest BCUT2D eigenvalue weighted by Crippen LogP contribution is -2.38. The molecule has 1 aromatic heterocycles. The zero-order valence-corrected chi connectivity index (χ0v) is 16.4. The smallest absolute Gasteiger partial charge is 0.328 e. The molecular weight excluding hydrogens is 406 g/mol. The van der Waals surface area contributed by atoms with Crippen molar-refractivity contribution >= 4 is 28.7 Å².